The van der Waals surface area contributed by atoms with Crippen LogP contribution < -0.4 is 21.2 Å². The minimum absolute atomic E-state index is 0.101. The van der Waals surface area contributed by atoms with Gasteiger partial charge in [0.25, 0.3) is 0 Å². The zero-order valence-corrected chi connectivity index (χ0v) is 29.1. The SMILES string of the molecule is CC1=C(C)C(C)(C)[C]([Ru][Cl])=C1C.c1ccc(P(CCCP(c2ccccc2)c2ccccc2)c2ccccc2)cc1. The molecule has 0 spiro atoms. The van der Waals surface area contributed by atoms with Crippen molar-refractivity contribution in [3.63, 3.8) is 0 Å². The summed E-state index contributed by atoms with van der Waals surface area (Å²) < 4.78 is 1.48. The molecule has 41 heavy (non-hydrogen) atoms. The van der Waals surface area contributed by atoms with Crippen LogP contribution in [0.1, 0.15) is 41.0 Å². The summed E-state index contributed by atoms with van der Waals surface area (Å²) in [6, 6.07) is 44.3. The first-order valence-electron chi connectivity index (χ1n) is 14.2. The topological polar surface area (TPSA) is 0 Å². The van der Waals surface area contributed by atoms with Gasteiger partial charge in [0.2, 0.25) is 0 Å². The second-order valence-corrected chi connectivity index (χ2v) is 17.5. The van der Waals surface area contributed by atoms with Gasteiger partial charge in [-0.3, -0.25) is 0 Å². The fourth-order valence-electron chi connectivity index (χ4n) is 5.31. The molecule has 4 aromatic rings. The van der Waals surface area contributed by atoms with Gasteiger partial charge in [-0.15, -0.1) is 0 Å². The molecule has 0 fully saturated rings. The van der Waals surface area contributed by atoms with Crippen molar-refractivity contribution >= 4 is 46.8 Å². The Morgan fingerprint density at radius 1 is 0.537 bits per heavy atom. The van der Waals surface area contributed by atoms with Crippen molar-refractivity contribution < 1.29 is 16.1 Å². The number of hydrogen-bond donors (Lipinski definition) is 0. The summed E-state index contributed by atoms with van der Waals surface area (Å²) in [5.74, 6) is 0. The van der Waals surface area contributed by atoms with E-state index in [4.69, 9.17) is 9.69 Å². The summed E-state index contributed by atoms with van der Waals surface area (Å²) in [6.07, 6.45) is 3.72. The Kier molecular flexibility index (Phi) is 12.2. The first-order chi connectivity index (χ1) is 19.8. The minimum Gasteiger partial charge on any atom is -0.0622 e. The van der Waals surface area contributed by atoms with Gasteiger partial charge in [-0.05, 0) is 55.8 Å². The van der Waals surface area contributed by atoms with Crippen molar-refractivity contribution in [1.82, 2.24) is 0 Å². The first kappa shape index (κ1) is 32.1. The van der Waals surface area contributed by atoms with Gasteiger partial charge in [-0.25, -0.2) is 0 Å². The molecular weight excluding hydrogens is 643 g/mol. The Morgan fingerprint density at radius 2 is 0.854 bits per heavy atom. The van der Waals surface area contributed by atoms with Crippen LogP contribution in [0.3, 0.4) is 0 Å². The average molecular weight is 684 g/mol. The smallest absolute Gasteiger partial charge is 0.0195 e. The molecule has 0 radical (unpaired) electrons. The van der Waals surface area contributed by atoms with Crippen molar-refractivity contribution in [1.29, 1.82) is 0 Å². The molecule has 0 saturated heterocycles. The summed E-state index contributed by atoms with van der Waals surface area (Å²) in [5, 5.41) is 5.94. The van der Waals surface area contributed by atoms with E-state index in [0.717, 1.165) is 0 Å². The third-order valence-electron chi connectivity index (χ3n) is 8.02. The molecule has 0 amide bonds. The minimum atomic E-state index is -0.309. The van der Waals surface area contributed by atoms with Crippen LogP contribution in [-0.2, 0) is 16.1 Å². The summed E-state index contributed by atoms with van der Waals surface area (Å²) in [4.78, 5) is 0. The molecule has 1 aliphatic carbocycles. The predicted molar refractivity (Wildman–Crippen MR) is 183 cm³/mol. The Balaban J connectivity index is 0.000000271. The maximum Gasteiger partial charge on any atom is -0.0195 e. The van der Waals surface area contributed by atoms with Crippen molar-refractivity contribution in [3.8, 4) is 0 Å². The van der Waals surface area contributed by atoms with Crippen molar-refractivity contribution in [3.05, 3.63) is 142 Å². The molecule has 0 N–H and O–H groups in total. The zero-order chi connectivity index (χ0) is 29.2. The number of allylic oxidation sites excluding steroid dienone is 4. The van der Waals surface area contributed by atoms with E-state index in [1.54, 1.807) is 0 Å². The molecule has 0 nitrogen and oxygen atoms in total. The molecule has 0 heterocycles. The van der Waals surface area contributed by atoms with Gasteiger partial charge < -0.3 is 0 Å². The number of hydrogen-bond acceptors (Lipinski definition) is 0. The van der Waals surface area contributed by atoms with Gasteiger partial charge >= 0.3 is 86.7 Å². The molecule has 5 rings (SSSR count). The molecule has 0 atom stereocenters. The maximum atomic E-state index is 6.02. The van der Waals surface area contributed by atoms with Crippen LogP contribution in [0.15, 0.2) is 142 Å². The van der Waals surface area contributed by atoms with Crippen molar-refractivity contribution in [2.75, 3.05) is 12.3 Å². The quantitative estimate of drug-likeness (QED) is 0.122. The van der Waals surface area contributed by atoms with E-state index in [1.165, 1.54) is 60.8 Å². The molecule has 0 aromatic heterocycles. The third kappa shape index (κ3) is 8.16. The van der Waals surface area contributed by atoms with Gasteiger partial charge in [-0.1, -0.05) is 121 Å². The molecular formula is C37H41ClP2Ru. The molecule has 1 aliphatic rings. The second-order valence-electron chi connectivity index (χ2n) is 10.9. The fourth-order valence-corrected chi connectivity index (χ4v) is 13.2. The van der Waals surface area contributed by atoms with E-state index in [1.807, 2.05) is 0 Å². The Morgan fingerprint density at radius 3 is 1.07 bits per heavy atom. The first-order valence-corrected chi connectivity index (χ1v) is 20.4. The molecule has 0 saturated carbocycles. The summed E-state index contributed by atoms with van der Waals surface area (Å²) >= 11 is -0.101. The molecule has 0 bridgehead atoms. The third-order valence-corrected chi connectivity index (χ3v) is 16.1. The van der Waals surface area contributed by atoms with Crippen LogP contribution in [0.5, 0.6) is 0 Å². The van der Waals surface area contributed by atoms with Crippen LogP contribution in [0.25, 0.3) is 0 Å². The van der Waals surface area contributed by atoms with E-state index >= 15 is 0 Å². The summed E-state index contributed by atoms with van der Waals surface area (Å²) in [7, 11) is 5.41. The Labute approximate surface area is 262 Å². The normalized spacial score (nSPS) is 14.5. The molecule has 214 valence electrons. The predicted octanol–water partition coefficient (Wildman–Crippen LogP) is 9.52. The molecule has 0 unspecified atom stereocenters. The number of rotatable bonds is 9. The van der Waals surface area contributed by atoms with Crippen LogP contribution in [-0.4, -0.2) is 12.3 Å². The van der Waals surface area contributed by atoms with E-state index in [2.05, 4.69) is 156 Å². The Bertz CT molecular complexity index is 1270. The van der Waals surface area contributed by atoms with E-state index < -0.39 is 0 Å². The maximum absolute atomic E-state index is 6.02. The largest absolute Gasteiger partial charge is 0.0622 e. The van der Waals surface area contributed by atoms with Gasteiger partial charge in [0, 0.05) is 0 Å². The summed E-state index contributed by atoms with van der Waals surface area (Å²) in [6.45, 7) is 11.2. The molecule has 4 heteroatoms. The van der Waals surface area contributed by atoms with Crippen LogP contribution in [0.4, 0.5) is 0 Å². The van der Waals surface area contributed by atoms with E-state index in [-0.39, 0.29) is 37.4 Å². The van der Waals surface area contributed by atoms with Gasteiger partial charge in [-0.2, -0.15) is 0 Å². The second kappa shape index (κ2) is 15.6. The van der Waals surface area contributed by atoms with E-state index in [0.29, 0.717) is 0 Å². The average Bonchev–Trinajstić information content (AvgIpc) is 3.17. The van der Waals surface area contributed by atoms with Gasteiger partial charge in [0.05, 0.1) is 0 Å². The van der Waals surface area contributed by atoms with Crippen LogP contribution in [0.2, 0.25) is 0 Å². The van der Waals surface area contributed by atoms with Gasteiger partial charge in [0.1, 0.15) is 0 Å². The molecule has 4 aromatic carbocycles. The standard InChI is InChI=1S/C27H26P2.C10H15.ClH.Ru/c1-5-14-24(15-6-1)28(25-16-7-2-8-17-25)22-13-23-29(26-18-9-3-10-19-26)27-20-11-4-12-21-27;1-7-6-10(4,5)9(3)8(7)2;;/h1-12,14-21H,13,22-23H2;1-5H3;1H;/q;;;+1/p-1. The number of benzene rings is 4. The van der Waals surface area contributed by atoms with Crippen LogP contribution >= 0.6 is 25.5 Å². The number of halogens is 1. The Hall–Kier alpha value is -1.87. The summed E-state index contributed by atoms with van der Waals surface area (Å²) in [5.41, 5.74) is 4.61. The van der Waals surface area contributed by atoms with Crippen molar-refractivity contribution in [2.24, 2.45) is 5.41 Å². The molecule has 0 aliphatic heterocycles. The monoisotopic (exact) mass is 684 g/mol. The van der Waals surface area contributed by atoms with E-state index in [9.17, 15) is 0 Å². The fraction of sp³-hybridized carbons (Fsp3) is 0.243. The van der Waals surface area contributed by atoms with Gasteiger partial charge in [0.15, 0.2) is 0 Å². The zero-order valence-electron chi connectivity index (χ0n) is 24.8. The van der Waals surface area contributed by atoms with Crippen molar-refractivity contribution in [2.45, 2.75) is 41.0 Å². The van der Waals surface area contributed by atoms with Crippen LogP contribution in [0, 0.1) is 5.41 Å².